The Morgan fingerprint density at radius 2 is 1.88 bits per heavy atom. The van der Waals surface area contributed by atoms with Crippen LogP contribution in [-0.4, -0.2) is 65.4 Å². The first-order chi connectivity index (χ1) is 19.3. The van der Waals surface area contributed by atoms with Crippen LogP contribution in [-0.2, 0) is 38.1 Å². The summed E-state index contributed by atoms with van der Waals surface area (Å²) in [5.74, 6) is -1.54. The molecule has 12 unspecified atom stereocenters. The lowest BCUT2D eigenvalue weighted by Crippen LogP contribution is -2.64. The predicted octanol–water partition coefficient (Wildman–Crippen LogP) is 3.47. The molecular weight excluding hydrogens is 528 g/mol. The number of ether oxygens (including phenoxy) is 4. The molecule has 1 saturated heterocycles. The highest BCUT2D eigenvalue weighted by atomic mass is 16.6. The molecule has 6 rings (SSSR count). The van der Waals surface area contributed by atoms with E-state index in [9.17, 15) is 24.3 Å². The van der Waals surface area contributed by atoms with Crippen molar-refractivity contribution in [3.63, 3.8) is 0 Å². The Balaban J connectivity index is 1.41. The van der Waals surface area contributed by atoms with Crippen LogP contribution in [0.3, 0.4) is 0 Å². The van der Waals surface area contributed by atoms with E-state index in [0.717, 1.165) is 5.57 Å². The quantitative estimate of drug-likeness (QED) is 0.300. The molecule has 0 radical (unpaired) electrons. The standard InChI is InChI=1S/C32H42O9/c1-15-11-23(40-29(37)16(15)2)17(3)28-24(39-19(5)34)13-22-20-12-27-32(41-27)26(36)8-7-25(35)30(32,6)21(20)9-10-31(22,28)14-38-18(4)33/h7-8,17,20-24,26-28,36H,9-14H2,1-6H3. The highest BCUT2D eigenvalue weighted by molar-refractivity contribution is 5.98. The molecule has 2 aliphatic heterocycles. The van der Waals surface area contributed by atoms with Crippen LogP contribution in [0.5, 0.6) is 0 Å². The molecule has 12 atom stereocenters. The number of aliphatic hydroxyl groups excluding tert-OH is 1. The second-order valence-electron chi connectivity index (χ2n) is 13.8. The molecule has 1 N–H and O–H groups in total. The number of cyclic esters (lactones) is 1. The van der Waals surface area contributed by atoms with E-state index in [1.165, 1.54) is 19.9 Å². The third-order valence-electron chi connectivity index (χ3n) is 12.1. The minimum Gasteiger partial charge on any atom is -0.465 e. The van der Waals surface area contributed by atoms with E-state index >= 15 is 0 Å². The van der Waals surface area contributed by atoms with Crippen molar-refractivity contribution in [2.45, 2.75) is 104 Å². The van der Waals surface area contributed by atoms with Gasteiger partial charge in [-0.3, -0.25) is 14.4 Å². The Labute approximate surface area is 241 Å². The van der Waals surface area contributed by atoms with Crippen molar-refractivity contribution in [2.75, 3.05) is 6.61 Å². The molecule has 1 spiro atoms. The van der Waals surface area contributed by atoms with Crippen molar-refractivity contribution in [3.05, 3.63) is 23.3 Å². The average Bonchev–Trinajstić information content (AvgIpc) is 3.56. The van der Waals surface area contributed by atoms with Crippen molar-refractivity contribution in [3.8, 4) is 0 Å². The van der Waals surface area contributed by atoms with Gasteiger partial charge in [-0.25, -0.2) is 4.79 Å². The fourth-order valence-electron chi connectivity index (χ4n) is 10.2. The van der Waals surface area contributed by atoms with Crippen LogP contribution in [0.2, 0.25) is 0 Å². The van der Waals surface area contributed by atoms with Gasteiger partial charge in [0.25, 0.3) is 0 Å². The highest BCUT2D eigenvalue weighted by Crippen LogP contribution is 2.73. The molecule has 2 heterocycles. The van der Waals surface area contributed by atoms with Crippen molar-refractivity contribution >= 4 is 23.7 Å². The van der Waals surface area contributed by atoms with Gasteiger partial charge >= 0.3 is 17.9 Å². The summed E-state index contributed by atoms with van der Waals surface area (Å²) in [6.45, 7) is 10.7. The summed E-state index contributed by atoms with van der Waals surface area (Å²) in [5.41, 5.74) is -0.698. The van der Waals surface area contributed by atoms with Crippen molar-refractivity contribution in [1.29, 1.82) is 0 Å². The number of ketones is 1. The van der Waals surface area contributed by atoms with Crippen molar-refractivity contribution in [2.24, 2.45) is 40.4 Å². The lowest BCUT2D eigenvalue weighted by Gasteiger charge is -2.58. The van der Waals surface area contributed by atoms with E-state index in [1.807, 2.05) is 13.8 Å². The smallest absolute Gasteiger partial charge is 0.333 e. The van der Waals surface area contributed by atoms with E-state index in [2.05, 4.69) is 6.92 Å². The molecule has 41 heavy (non-hydrogen) atoms. The monoisotopic (exact) mass is 570 g/mol. The third-order valence-corrected chi connectivity index (χ3v) is 12.1. The number of carbonyl (C=O) groups is 4. The van der Waals surface area contributed by atoms with Crippen LogP contribution in [0.15, 0.2) is 23.3 Å². The molecule has 224 valence electrons. The minimum atomic E-state index is -0.894. The lowest BCUT2D eigenvalue weighted by molar-refractivity contribution is -0.173. The Kier molecular flexibility index (Phi) is 6.62. The summed E-state index contributed by atoms with van der Waals surface area (Å²) in [5, 5.41) is 11.0. The molecule has 0 aromatic heterocycles. The fourth-order valence-corrected chi connectivity index (χ4v) is 10.2. The predicted molar refractivity (Wildman–Crippen MR) is 145 cm³/mol. The Morgan fingerprint density at radius 1 is 1.15 bits per heavy atom. The molecular formula is C32H42O9. The van der Waals surface area contributed by atoms with Gasteiger partial charge in [-0.1, -0.05) is 12.5 Å². The second kappa shape index (κ2) is 9.49. The van der Waals surface area contributed by atoms with Gasteiger partial charge in [-0.2, -0.15) is 0 Å². The van der Waals surface area contributed by atoms with Gasteiger partial charge in [-0.05, 0) is 76.4 Å². The number of allylic oxidation sites excluding steroid dienone is 1. The fraction of sp³-hybridized carbons (Fsp3) is 0.750. The van der Waals surface area contributed by atoms with Crippen molar-refractivity contribution in [1.82, 2.24) is 0 Å². The number of rotatable bonds is 5. The summed E-state index contributed by atoms with van der Waals surface area (Å²) in [7, 11) is 0. The maximum absolute atomic E-state index is 13.6. The first kappa shape index (κ1) is 28.6. The molecule has 4 fully saturated rings. The summed E-state index contributed by atoms with van der Waals surface area (Å²) < 4.78 is 24.1. The number of epoxide rings is 1. The normalized spacial score (nSPS) is 46.9. The Morgan fingerprint density at radius 3 is 2.54 bits per heavy atom. The molecule has 9 nitrogen and oxygen atoms in total. The van der Waals surface area contributed by atoms with Gasteiger partial charge in [-0.15, -0.1) is 0 Å². The largest absolute Gasteiger partial charge is 0.465 e. The van der Waals surface area contributed by atoms with Crippen LogP contribution in [0, 0.1) is 40.4 Å². The number of aliphatic hydroxyl groups is 1. The van der Waals surface area contributed by atoms with Gasteiger partial charge < -0.3 is 24.1 Å². The van der Waals surface area contributed by atoms with Gasteiger partial charge in [0.2, 0.25) is 0 Å². The first-order valence-electron chi connectivity index (χ1n) is 15.0. The van der Waals surface area contributed by atoms with Crippen LogP contribution in [0.25, 0.3) is 0 Å². The summed E-state index contributed by atoms with van der Waals surface area (Å²) >= 11 is 0. The Bertz CT molecular complexity index is 1250. The van der Waals surface area contributed by atoms with E-state index in [0.29, 0.717) is 37.7 Å². The van der Waals surface area contributed by atoms with Crippen LogP contribution >= 0.6 is 0 Å². The van der Waals surface area contributed by atoms with Crippen LogP contribution in [0.1, 0.15) is 73.6 Å². The molecule has 0 amide bonds. The SMILES string of the molecule is CC(=O)OCC12CCC3C(CC4OC45C(O)C=CC(=O)C35C)C1CC(OC(C)=O)C2C(C)C1CC(C)=C(C)C(=O)O1. The zero-order valence-corrected chi connectivity index (χ0v) is 24.8. The number of fused-ring (bicyclic) bond motifs is 4. The van der Waals surface area contributed by atoms with E-state index in [1.54, 1.807) is 13.0 Å². The van der Waals surface area contributed by atoms with Gasteiger partial charge in [0.15, 0.2) is 5.78 Å². The number of hydrogen-bond donors (Lipinski definition) is 1. The lowest BCUT2D eigenvalue weighted by atomic mass is 9.44. The minimum absolute atomic E-state index is 0.0151. The van der Waals surface area contributed by atoms with E-state index in [-0.39, 0.29) is 66.0 Å². The van der Waals surface area contributed by atoms with Crippen molar-refractivity contribution < 1.29 is 43.2 Å². The zero-order chi connectivity index (χ0) is 29.6. The van der Waals surface area contributed by atoms with E-state index in [4.69, 9.17) is 18.9 Å². The average molecular weight is 571 g/mol. The van der Waals surface area contributed by atoms with Gasteiger partial charge in [0, 0.05) is 43.1 Å². The van der Waals surface area contributed by atoms with Gasteiger partial charge in [0.1, 0.15) is 23.9 Å². The molecule has 6 aliphatic rings. The summed E-state index contributed by atoms with van der Waals surface area (Å²) in [4.78, 5) is 50.9. The van der Waals surface area contributed by atoms with Crippen LogP contribution in [0.4, 0.5) is 0 Å². The highest BCUT2D eigenvalue weighted by Gasteiger charge is 2.81. The maximum Gasteiger partial charge on any atom is 0.333 e. The first-order valence-corrected chi connectivity index (χ1v) is 15.0. The molecule has 3 saturated carbocycles. The summed E-state index contributed by atoms with van der Waals surface area (Å²) in [6.07, 6.45) is 4.29. The number of esters is 3. The topological polar surface area (TPSA) is 129 Å². The summed E-state index contributed by atoms with van der Waals surface area (Å²) in [6, 6.07) is 0. The molecule has 0 aromatic carbocycles. The van der Waals surface area contributed by atoms with Gasteiger partial charge in [0.05, 0.1) is 18.1 Å². The molecule has 4 aliphatic carbocycles. The number of carbonyl (C=O) groups excluding carboxylic acids is 4. The molecule has 0 aromatic rings. The molecule has 9 heteroatoms. The zero-order valence-electron chi connectivity index (χ0n) is 24.8. The number of hydrogen-bond acceptors (Lipinski definition) is 9. The third kappa shape index (κ3) is 3.87. The maximum atomic E-state index is 13.6. The second-order valence-corrected chi connectivity index (χ2v) is 13.8. The van der Waals surface area contributed by atoms with Crippen LogP contribution < -0.4 is 0 Å². The van der Waals surface area contributed by atoms with E-state index < -0.39 is 34.7 Å². The molecule has 0 bridgehead atoms. The Hall–Kier alpha value is -2.52.